The third-order valence-electron chi connectivity index (χ3n) is 3.54. The van der Waals surface area contributed by atoms with Gasteiger partial charge in [0.15, 0.2) is 11.5 Å². The third-order valence-corrected chi connectivity index (χ3v) is 3.54. The molecule has 3 heterocycles. The average Bonchev–Trinajstić information content (AvgIpc) is 3.09. The van der Waals surface area contributed by atoms with Crippen LogP contribution in [0.5, 0.6) is 0 Å². The number of alkyl halides is 3. The molecule has 12 heteroatoms. The number of nitrogens with zero attached hydrogens (tertiary/aromatic N) is 6. The fourth-order valence-corrected chi connectivity index (χ4v) is 2.47. The Kier molecular flexibility index (Phi) is 4.06. The van der Waals surface area contributed by atoms with Gasteiger partial charge in [-0.15, -0.1) is 0 Å². The summed E-state index contributed by atoms with van der Waals surface area (Å²) in [7, 11) is 0. The normalized spacial score (nSPS) is 13.5. The van der Waals surface area contributed by atoms with Crippen molar-refractivity contribution >= 4 is 11.0 Å². The van der Waals surface area contributed by atoms with E-state index in [1.807, 2.05) is 0 Å². The van der Waals surface area contributed by atoms with Crippen LogP contribution in [0.4, 0.5) is 13.2 Å². The van der Waals surface area contributed by atoms with Gasteiger partial charge in [-0.1, -0.05) is 0 Å². The lowest BCUT2D eigenvalue weighted by molar-refractivity contribution is -0.142. The molecule has 0 aliphatic heterocycles. The summed E-state index contributed by atoms with van der Waals surface area (Å²) in [5.41, 5.74) is -0.143. The van der Waals surface area contributed by atoms with Crippen molar-refractivity contribution in [1.29, 1.82) is 0 Å². The van der Waals surface area contributed by atoms with Gasteiger partial charge in [-0.3, -0.25) is 4.79 Å². The van der Waals surface area contributed by atoms with E-state index >= 15 is 0 Å². The summed E-state index contributed by atoms with van der Waals surface area (Å²) < 4.78 is 39.3. The van der Waals surface area contributed by atoms with E-state index in [0.717, 1.165) is 6.33 Å². The second-order valence-electron chi connectivity index (χ2n) is 5.49. The number of fused-ring (bicyclic) bond motifs is 1. The van der Waals surface area contributed by atoms with Crippen LogP contribution in [0.1, 0.15) is 30.3 Å². The number of H-pyrrole nitrogens is 1. The molecule has 3 aromatic rings. The van der Waals surface area contributed by atoms with Gasteiger partial charge < -0.3 is 10.1 Å². The van der Waals surface area contributed by atoms with E-state index in [1.165, 1.54) is 4.68 Å². The second-order valence-corrected chi connectivity index (χ2v) is 5.49. The fraction of sp³-hybridized carbons (Fsp3) is 0.462. The number of halogens is 3. The molecule has 0 aromatic carbocycles. The predicted octanol–water partition coefficient (Wildman–Crippen LogP) is 0.683. The van der Waals surface area contributed by atoms with E-state index in [9.17, 15) is 23.1 Å². The van der Waals surface area contributed by atoms with Crippen molar-refractivity contribution in [2.45, 2.75) is 39.2 Å². The lowest BCUT2D eigenvalue weighted by Gasteiger charge is -2.09. The lowest BCUT2D eigenvalue weighted by atomic mass is 10.3. The van der Waals surface area contributed by atoms with Crippen LogP contribution in [0, 0.1) is 6.92 Å². The molecular weight excluding hydrogens is 343 g/mol. The van der Waals surface area contributed by atoms with Gasteiger partial charge >= 0.3 is 6.18 Å². The first-order chi connectivity index (χ1) is 11.7. The van der Waals surface area contributed by atoms with E-state index in [2.05, 4.69) is 25.1 Å². The fourth-order valence-electron chi connectivity index (χ4n) is 2.47. The third kappa shape index (κ3) is 3.24. The molecule has 0 aliphatic carbocycles. The van der Waals surface area contributed by atoms with Crippen molar-refractivity contribution in [2.75, 3.05) is 0 Å². The Labute approximate surface area is 138 Å². The highest BCUT2D eigenvalue weighted by molar-refractivity contribution is 5.77. The maximum Gasteiger partial charge on any atom is 0.408 e. The second kappa shape index (κ2) is 5.95. The van der Waals surface area contributed by atoms with Crippen molar-refractivity contribution in [3.63, 3.8) is 0 Å². The van der Waals surface area contributed by atoms with Gasteiger partial charge in [-0.2, -0.15) is 23.4 Å². The SMILES string of the molecule is Cc1nc2c(c(CO)nn2[C@H](C)c2ncn(CC(F)(F)F)n2)c(=O)[nH]1. The number of aliphatic hydroxyl groups is 1. The van der Waals surface area contributed by atoms with Crippen molar-refractivity contribution in [2.24, 2.45) is 0 Å². The molecule has 0 radical (unpaired) electrons. The first-order valence-electron chi connectivity index (χ1n) is 7.24. The summed E-state index contributed by atoms with van der Waals surface area (Å²) in [5.74, 6) is 0.420. The molecule has 25 heavy (non-hydrogen) atoms. The maximum atomic E-state index is 12.4. The molecule has 3 aromatic heterocycles. The first-order valence-corrected chi connectivity index (χ1v) is 7.24. The number of aromatic nitrogens is 7. The molecule has 0 unspecified atom stereocenters. The highest BCUT2D eigenvalue weighted by Crippen LogP contribution is 2.22. The van der Waals surface area contributed by atoms with E-state index in [1.54, 1.807) is 13.8 Å². The molecule has 0 aliphatic rings. The van der Waals surface area contributed by atoms with E-state index in [0.29, 0.717) is 10.5 Å². The number of aromatic amines is 1. The zero-order valence-electron chi connectivity index (χ0n) is 13.2. The Morgan fingerprint density at radius 1 is 1.36 bits per heavy atom. The van der Waals surface area contributed by atoms with Crippen molar-refractivity contribution in [3.8, 4) is 0 Å². The number of aryl methyl sites for hydroxylation is 1. The lowest BCUT2D eigenvalue weighted by Crippen LogP contribution is -2.19. The largest absolute Gasteiger partial charge is 0.408 e. The minimum absolute atomic E-state index is 0.0814. The van der Waals surface area contributed by atoms with Crippen molar-refractivity contribution in [1.82, 2.24) is 34.5 Å². The summed E-state index contributed by atoms with van der Waals surface area (Å²) in [4.78, 5) is 22.7. The summed E-state index contributed by atoms with van der Waals surface area (Å²) in [6.07, 6.45) is -3.44. The predicted molar refractivity (Wildman–Crippen MR) is 78.7 cm³/mol. The topological polar surface area (TPSA) is 115 Å². The summed E-state index contributed by atoms with van der Waals surface area (Å²) >= 11 is 0. The highest BCUT2D eigenvalue weighted by atomic mass is 19.4. The Bertz CT molecular complexity index is 972. The summed E-state index contributed by atoms with van der Waals surface area (Å²) in [6, 6.07) is -0.689. The van der Waals surface area contributed by atoms with Gasteiger partial charge in [0, 0.05) is 0 Å². The molecule has 0 spiro atoms. The Morgan fingerprint density at radius 3 is 2.72 bits per heavy atom. The van der Waals surface area contributed by atoms with E-state index in [4.69, 9.17) is 0 Å². The molecule has 0 bridgehead atoms. The zero-order valence-corrected chi connectivity index (χ0v) is 13.2. The monoisotopic (exact) mass is 357 g/mol. The smallest absolute Gasteiger partial charge is 0.390 e. The minimum Gasteiger partial charge on any atom is -0.390 e. The molecule has 3 rings (SSSR count). The number of rotatable bonds is 4. The van der Waals surface area contributed by atoms with Crippen LogP contribution in [0.15, 0.2) is 11.1 Å². The molecule has 0 saturated carbocycles. The van der Waals surface area contributed by atoms with E-state index in [-0.39, 0.29) is 22.6 Å². The van der Waals surface area contributed by atoms with Gasteiger partial charge in [0.25, 0.3) is 5.56 Å². The Morgan fingerprint density at radius 2 is 2.08 bits per heavy atom. The molecule has 0 amide bonds. The first kappa shape index (κ1) is 17.1. The van der Waals surface area contributed by atoms with Crippen molar-refractivity contribution in [3.05, 3.63) is 34.0 Å². The van der Waals surface area contributed by atoms with Gasteiger partial charge in [0.05, 0.1) is 6.61 Å². The number of nitrogens with one attached hydrogen (secondary N) is 1. The molecular formula is C13H14F3N7O2. The van der Waals surface area contributed by atoms with Crippen LogP contribution in [0.25, 0.3) is 11.0 Å². The van der Waals surface area contributed by atoms with Gasteiger partial charge in [-0.25, -0.2) is 19.3 Å². The highest BCUT2D eigenvalue weighted by Gasteiger charge is 2.29. The van der Waals surface area contributed by atoms with Crippen LogP contribution in [0.2, 0.25) is 0 Å². The van der Waals surface area contributed by atoms with Crippen LogP contribution < -0.4 is 5.56 Å². The average molecular weight is 357 g/mol. The molecule has 9 nitrogen and oxygen atoms in total. The van der Waals surface area contributed by atoms with Gasteiger partial charge in [-0.05, 0) is 13.8 Å². The zero-order chi connectivity index (χ0) is 18.4. The molecule has 1 atom stereocenters. The molecule has 0 fully saturated rings. The van der Waals surface area contributed by atoms with Crippen LogP contribution in [-0.2, 0) is 13.2 Å². The molecule has 2 N–H and O–H groups in total. The number of hydrogen-bond acceptors (Lipinski definition) is 6. The Hall–Kier alpha value is -2.76. The van der Waals surface area contributed by atoms with Crippen LogP contribution in [0.3, 0.4) is 0 Å². The number of aliphatic hydroxyl groups excluding tert-OH is 1. The molecule has 0 saturated heterocycles. The van der Waals surface area contributed by atoms with Crippen LogP contribution in [-0.4, -0.2) is 45.8 Å². The standard InChI is InChI=1S/C13H14F3N7O2/c1-6(10-17-5-22(21-10)4-13(14,15)16)23-11-9(8(3-24)20-23)12(25)19-7(2)18-11/h5-6,24H,3-4H2,1-2H3,(H,18,19,25)/t6-/m1/s1. The van der Waals surface area contributed by atoms with Crippen LogP contribution >= 0.6 is 0 Å². The van der Waals surface area contributed by atoms with Gasteiger partial charge in [0.1, 0.15) is 35.8 Å². The summed E-state index contributed by atoms with van der Waals surface area (Å²) in [5, 5.41) is 17.5. The quantitative estimate of drug-likeness (QED) is 0.710. The van der Waals surface area contributed by atoms with Crippen molar-refractivity contribution < 1.29 is 18.3 Å². The minimum atomic E-state index is -4.41. The number of hydrogen-bond donors (Lipinski definition) is 2. The summed E-state index contributed by atoms with van der Waals surface area (Å²) in [6.45, 7) is 1.45. The molecule has 134 valence electrons. The Balaban J connectivity index is 2.06. The maximum absolute atomic E-state index is 12.4. The van der Waals surface area contributed by atoms with Gasteiger partial charge in [0.2, 0.25) is 0 Å². The van der Waals surface area contributed by atoms with E-state index < -0.39 is 30.9 Å².